The van der Waals surface area contributed by atoms with E-state index in [-0.39, 0.29) is 5.97 Å². The Morgan fingerprint density at radius 2 is 2.07 bits per heavy atom. The molecular weight excluding hydrogens is 176 g/mol. The highest BCUT2D eigenvalue weighted by molar-refractivity contribution is 5.88. The van der Waals surface area contributed by atoms with Crippen molar-refractivity contribution in [3.63, 3.8) is 0 Å². The van der Waals surface area contributed by atoms with Crippen LogP contribution in [-0.2, 0) is 9.53 Å². The third-order valence-corrected chi connectivity index (χ3v) is 1.69. The van der Waals surface area contributed by atoms with E-state index >= 15 is 0 Å². The van der Waals surface area contributed by atoms with Gasteiger partial charge in [0.15, 0.2) is 0 Å². The van der Waals surface area contributed by atoms with Crippen molar-refractivity contribution in [1.82, 2.24) is 0 Å². The molecule has 0 unspecified atom stereocenters. The van der Waals surface area contributed by atoms with Crippen LogP contribution in [0.1, 0.15) is 34.1 Å². The molecule has 0 aromatic heterocycles. The first-order valence-electron chi connectivity index (χ1n) is 5.08. The minimum Gasteiger partial charge on any atom is -0.463 e. The van der Waals surface area contributed by atoms with Crippen LogP contribution in [-0.4, -0.2) is 12.6 Å². The molecule has 0 aliphatic carbocycles. The van der Waals surface area contributed by atoms with Gasteiger partial charge in [0.1, 0.15) is 0 Å². The van der Waals surface area contributed by atoms with Gasteiger partial charge in [0.25, 0.3) is 0 Å². The number of rotatable bonds is 5. The van der Waals surface area contributed by atoms with Crippen LogP contribution in [0.3, 0.4) is 0 Å². The predicted octanol–water partition coefficient (Wildman–Crippen LogP) is 3.10. The third-order valence-electron chi connectivity index (χ3n) is 1.69. The molecule has 80 valence electrons. The van der Waals surface area contributed by atoms with Crippen LogP contribution in [0.5, 0.6) is 0 Å². The van der Waals surface area contributed by atoms with E-state index in [0.717, 1.165) is 6.42 Å². The summed E-state index contributed by atoms with van der Waals surface area (Å²) in [5.74, 6) is 0.421. The highest BCUT2D eigenvalue weighted by Crippen LogP contribution is 2.02. The molecule has 0 aromatic rings. The molecule has 2 heteroatoms. The maximum Gasteiger partial charge on any atom is 0.333 e. The largest absolute Gasteiger partial charge is 0.463 e. The van der Waals surface area contributed by atoms with Crippen LogP contribution in [0.15, 0.2) is 23.8 Å². The van der Waals surface area contributed by atoms with Crippen molar-refractivity contribution >= 4 is 5.97 Å². The van der Waals surface area contributed by atoms with E-state index in [2.05, 4.69) is 19.9 Å². The number of allylic oxidation sites excluding steroid dienone is 3. The zero-order valence-corrected chi connectivity index (χ0v) is 9.54. The summed E-state index contributed by atoms with van der Waals surface area (Å²) in [7, 11) is 0. The Balaban J connectivity index is 3.98. The summed E-state index contributed by atoms with van der Waals surface area (Å²) in [6, 6.07) is 0. The van der Waals surface area contributed by atoms with E-state index in [4.69, 9.17) is 4.74 Å². The van der Waals surface area contributed by atoms with Crippen molar-refractivity contribution < 1.29 is 9.53 Å². The fourth-order valence-electron chi connectivity index (χ4n) is 0.876. The zero-order valence-electron chi connectivity index (χ0n) is 9.54. The second-order valence-corrected chi connectivity index (χ2v) is 3.63. The lowest BCUT2D eigenvalue weighted by atomic mass is 10.1. The molecule has 0 atom stereocenters. The maximum atomic E-state index is 11.1. The Hall–Kier alpha value is -1.05. The standard InChI is InChI=1S/C12H20O2/c1-5-14-12(13)11(4)9-7-6-8-10(2)3/h6-7,9-10H,5,8H2,1-4H3/b7-6+,11-9+. The van der Waals surface area contributed by atoms with Gasteiger partial charge in [0, 0.05) is 5.57 Å². The quantitative estimate of drug-likeness (QED) is 0.383. The topological polar surface area (TPSA) is 26.3 Å². The van der Waals surface area contributed by atoms with Crippen molar-refractivity contribution in [2.24, 2.45) is 5.92 Å². The van der Waals surface area contributed by atoms with Gasteiger partial charge in [-0.25, -0.2) is 4.79 Å². The summed E-state index contributed by atoms with van der Waals surface area (Å²) in [5, 5.41) is 0. The van der Waals surface area contributed by atoms with Crippen molar-refractivity contribution in [3.8, 4) is 0 Å². The minimum atomic E-state index is -0.235. The van der Waals surface area contributed by atoms with E-state index in [1.54, 1.807) is 19.9 Å². The van der Waals surface area contributed by atoms with E-state index in [1.807, 2.05) is 6.08 Å². The molecule has 0 bridgehead atoms. The summed E-state index contributed by atoms with van der Waals surface area (Å²) in [5.41, 5.74) is 0.645. The van der Waals surface area contributed by atoms with Crippen molar-refractivity contribution in [3.05, 3.63) is 23.8 Å². The number of esters is 1. The summed E-state index contributed by atoms with van der Waals surface area (Å²) < 4.78 is 4.84. The van der Waals surface area contributed by atoms with Gasteiger partial charge in [-0.3, -0.25) is 0 Å². The molecular formula is C12H20O2. The SMILES string of the molecule is CCOC(=O)/C(C)=C/C=C/CC(C)C. The summed E-state index contributed by atoms with van der Waals surface area (Å²) in [4.78, 5) is 11.1. The molecule has 0 aromatic carbocycles. The summed E-state index contributed by atoms with van der Waals surface area (Å²) in [6.07, 6.45) is 6.80. The Kier molecular flexibility index (Phi) is 6.81. The Bertz CT molecular complexity index is 224. The molecule has 0 rings (SSSR count). The van der Waals surface area contributed by atoms with Gasteiger partial charge < -0.3 is 4.74 Å². The number of hydrogen-bond donors (Lipinski definition) is 0. The Labute approximate surface area is 86.6 Å². The first-order chi connectivity index (χ1) is 6.57. The third kappa shape index (κ3) is 6.46. The van der Waals surface area contributed by atoms with Crippen LogP contribution in [0, 0.1) is 5.92 Å². The van der Waals surface area contributed by atoms with Gasteiger partial charge in [-0.1, -0.05) is 32.1 Å². The molecule has 0 N–H and O–H groups in total. The van der Waals surface area contributed by atoms with Gasteiger partial charge in [0.2, 0.25) is 0 Å². The van der Waals surface area contributed by atoms with E-state index < -0.39 is 0 Å². The van der Waals surface area contributed by atoms with Gasteiger partial charge in [-0.15, -0.1) is 0 Å². The van der Waals surface area contributed by atoms with E-state index in [0.29, 0.717) is 18.1 Å². The van der Waals surface area contributed by atoms with Crippen molar-refractivity contribution in [1.29, 1.82) is 0 Å². The first kappa shape index (κ1) is 12.9. The zero-order chi connectivity index (χ0) is 11.0. The Morgan fingerprint density at radius 3 is 2.57 bits per heavy atom. The van der Waals surface area contributed by atoms with Crippen LogP contribution in [0.4, 0.5) is 0 Å². The molecule has 0 fully saturated rings. The molecule has 14 heavy (non-hydrogen) atoms. The molecule has 0 saturated carbocycles. The van der Waals surface area contributed by atoms with E-state index in [1.165, 1.54) is 0 Å². The molecule has 0 saturated heterocycles. The van der Waals surface area contributed by atoms with Gasteiger partial charge in [-0.05, 0) is 26.2 Å². The molecule has 0 heterocycles. The fraction of sp³-hybridized carbons (Fsp3) is 0.583. The van der Waals surface area contributed by atoms with E-state index in [9.17, 15) is 4.79 Å². The number of ether oxygens (including phenoxy) is 1. The Morgan fingerprint density at radius 1 is 1.43 bits per heavy atom. The maximum absolute atomic E-state index is 11.1. The van der Waals surface area contributed by atoms with Crippen molar-refractivity contribution in [2.75, 3.05) is 6.61 Å². The second kappa shape index (κ2) is 7.36. The molecule has 0 aliphatic rings. The number of carbonyl (C=O) groups excluding carboxylic acids is 1. The number of hydrogen-bond acceptors (Lipinski definition) is 2. The second-order valence-electron chi connectivity index (χ2n) is 3.63. The molecule has 0 aliphatic heterocycles. The highest BCUT2D eigenvalue weighted by Gasteiger charge is 2.01. The average Bonchev–Trinajstić information content (AvgIpc) is 2.12. The first-order valence-corrected chi connectivity index (χ1v) is 5.08. The van der Waals surface area contributed by atoms with Crippen molar-refractivity contribution in [2.45, 2.75) is 34.1 Å². The van der Waals surface area contributed by atoms with Gasteiger partial charge in [0.05, 0.1) is 6.61 Å². The van der Waals surface area contributed by atoms with Crippen LogP contribution in [0.25, 0.3) is 0 Å². The fourth-order valence-corrected chi connectivity index (χ4v) is 0.876. The molecule has 0 amide bonds. The molecule has 2 nitrogen and oxygen atoms in total. The predicted molar refractivity (Wildman–Crippen MR) is 59.0 cm³/mol. The normalized spacial score (nSPS) is 12.5. The summed E-state index contributed by atoms with van der Waals surface area (Å²) in [6.45, 7) is 8.32. The lowest BCUT2D eigenvalue weighted by Crippen LogP contribution is -2.04. The van der Waals surface area contributed by atoms with Crippen LogP contribution >= 0.6 is 0 Å². The van der Waals surface area contributed by atoms with Crippen LogP contribution < -0.4 is 0 Å². The van der Waals surface area contributed by atoms with Gasteiger partial charge >= 0.3 is 5.97 Å². The molecule has 0 radical (unpaired) electrons. The smallest absolute Gasteiger partial charge is 0.333 e. The monoisotopic (exact) mass is 196 g/mol. The lowest BCUT2D eigenvalue weighted by molar-refractivity contribution is -0.138. The lowest BCUT2D eigenvalue weighted by Gasteiger charge is -1.99. The van der Waals surface area contributed by atoms with Gasteiger partial charge in [-0.2, -0.15) is 0 Å². The highest BCUT2D eigenvalue weighted by atomic mass is 16.5. The van der Waals surface area contributed by atoms with Crippen LogP contribution in [0.2, 0.25) is 0 Å². The average molecular weight is 196 g/mol. The summed E-state index contributed by atoms with van der Waals surface area (Å²) >= 11 is 0. The number of carbonyl (C=O) groups is 1. The minimum absolute atomic E-state index is 0.235. The molecule has 0 spiro atoms.